The van der Waals surface area contributed by atoms with E-state index in [9.17, 15) is 22.8 Å². The van der Waals surface area contributed by atoms with Gasteiger partial charge in [-0.2, -0.15) is 18.2 Å². The minimum atomic E-state index is -4.66. The number of carbonyl (C=O) groups excluding carboxylic acids is 2. The Morgan fingerprint density at radius 1 is 1.38 bits per heavy atom. The Morgan fingerprint density at radius 2 is 2.14 bits per heavy atom. The van der Waals surface area contributed by atoms with Crippen LogP contribution >= 0.6 is 0 Å². The summed E-state index contributed by atoms with van der Waals surface area (Å²) in [5.74, 6) is -3.03. The summed E-state index contributed by atoms with van der Waals surface area (Å²) in [5, 5.41) is 9.79. The second-order valence-electron chi connectivity index (χ2n) is 4.74. The Bertz CT molecular complexity index is 528. The lowest BCUT2D eigenvalue weighted by molar-refractivity contribution is -0.144. The molecule has 21 heavy (non-hydrogen) atoms. The van der Waals surface area contributed by atoms with E-state index < -0.39 is 29.8 Å². The summed E-state index contributed by atoms with van der Waals surface area (Å²) < 4.78 is 36.9. The third kappa shape index (κ3) is 4.17. The number of hydrogen-bond acceptors (Lipinski definition) is 4. The van der Waals surface area contributed by atoms with Gasteiger partial charge in [0, 0.05) is 18.9 Å². The molecule has 0 aliphatic carbocycles. The largest absolute Gasteiger partial charge is 0.451 e. The first-order valence-electron chi connectivity index (χ1n) is 6.43. The average molecular weight is 305 g/mol. The van der Waals surface area contributed by atoms with Crippen molar-refractivity contribution in [3.05, 3.63) is 5.82 Å². The molecule has 0 bridgehead atoms. The zero-order valence-corrected chi connectivity index (χ0v) is 11.0. The molecule has 116 valence electrons. The molecule has 1 saturated heterocycles. The molecule has 0 radical (unpaired) electrons. The summed E-state index contributed by atoms with van der Waals surface area (Å²) in [7, 11) is 0. The maximum Gasteiger partial charge on any atom is 0.451 e. The number of nitrogens with one attached hydrogen (secondary N) is 3. The quantitative estimate of drug-likeness (QED) is 0.777. The van der Waals surface area contributed by atoms with Crippen LogP contribution in [0.5, 0.6) is 0 Å². The highest BCUT2D eigenvalue weighted by Gasteiger charge is 2.35. The number of halogens is 3. The second kappa shape index (κ2) is 6.10. The number of H-pyrrole nitrogens is 1. The van der Waals surface area contributed by atoms with Crippen molar-refractivity contribution in [3.8, 4) is 0 Å². The Kier molecular flexibility index (Phi) is 4.43. The summed E-state index contributed by atoms with van der Waals surface area (Å²) in [6.45, 7) is 0.576. The third-order valence-electron chi connectivity index (χ3n) is 3.09. The zero-order chi connectivity index (χ0) is 15.5. The van der Waals surface area contributed by atoms with Gasteiger partial charge in [0.15, 0.2) is 0 Å². The number of aromatic amines is 1. The predicted octanol–water partition coefficient (Wildman–Crippen LogP) is 1.07. The molecule has 2 rings (SSSR count). The van der Waals surface area contributed by atoms with E-state index in [2.05, 4.69) is 20.7 Å². The minimum Gasteiger partial charge on any atom is -0.356 e. The molecule has 0 aromatic carbocycles. The standard InChI is InChI=1S/C11H14F3N5O2/c12-11(13,14)9-17-10(19-18-9)16-7(20)5-6-3-1-2-4-15-8(6)21/h6H,1-5H2,(H,15,21)(H2,16,17,18,19,20). The molecular formula is C11H14F3N5O2. The Hall–Kier alpha value is -2.13. The van der Waals surface area contributed by atoms with Crippen LogP contribution in [0.3, 0.4) is 0 Å². The monoisotopic (exact) mass is 305 g/mol. The lowest BCUT2D eigenvalue weighted by atomic mass is 9.98. The molecule has 2 amide bonds. The highest BCUT2D eigenvalue weighted by molar-refractivity contribution is 5.92. The fraction of sp³-hybridized carbons (Fsp3) is 0.636. The molecule has 1 aliphatic heterocycles. The average Bonchev–Trinajstić information content (AvgIpc) is 2.76. The molecule has 10 heteroatoms. The third-order valence-corrected chi connectivity index (χ3v) is 3.09. The van der Waals surface area contributed by atoms with Gasteiger partial charge in [0.1, 0.15) is 0 Å². The van der Waals surface area contributed by atoms with Crippen molar-refractivity contribution in [2.45, 2.75) is 31.9 Å². The van der Waals surface area contributed by atoms with E-state index in [0.29, 0.717) is 13.0 Å². The topological polar surface area (TPSA) is 99.8 Å². The maximum absolute atomic E-state index is 12.3. The van der Waals surface area contributed by atoms with Gasteiger partial charge in [-0.1, -0.05) is 6.42 Å². The SMILES string of the molecule is O=C(CC1CCCCNC1=O)Nc1n[nH]c(C(F)(F)F)n1. The van der Waals surface area contributed by atoms with Crippen LogP contribution in [0.15, 0.2) is 0 Å². The smallest absolute Gasteiger partial charge is 0.356 e. The van der Waals surface area contributed by atoms with Gasteiger partial charge in [0.05, 0.1) is 0 Å². The fourth-order valence-corrected chi connectivity index (χ4v) is 2.04. The molecule has 1 aliphatic rings. The highest BCUT2D eigenvalue weighted by Crippen LogP contribution is 2.26. The maximum atomic E-state index is 12.3. The molecule has 0 saturated carbocycles. The lowest BCUT2D eigenvalue weighted by Gasteiger charge is -2.11. The fourth-order valence-electron chi connectivity index (χ4n) is 2.04. The number of anilines is 1. The summed E-state index contributed by atoms with van der Waals surface area (Å²) in [4.78, 5) is 26.5. The van der Waals surface area contributed by atoms with Gasteiger partial charge in [-0.3, -0.25) is 20.0 Å². The number of nitrogens with zero attached hydrogens (tertiary/aromatic N) is 2. The van der Waals surface area contributed by atoms with Gasteiger partial charge in [-0.05, 0) is 12.8 Å². The number of hydrogen-bond donors (Lipinski definition) is 3. The molecule has 1 aromatic rings. The zero-order valence-electron chi connectivity index (χ0n) is 11.0. The van der Waals surface area contributed by atoms with Gasteiger partial charge in [0.25, 0.3) is 0 Å². The molecule has 3 N–H and O–H groups in total. The van der Waals surface area contributed by atoms with E-state index in [1.807, 2.05) is 0 Å². The van der Waals surface area contributed by atoms with Gasteiger partial charge in [0.2, 0.25) is 23.6 Å². The van der Waals surface area contributed by atoms with Crippen molar-refractivity contribution in [1.29, 1.82) is 0 Å². The van der Waals surface area contributed by atoms with Gasteiger partial charge < -0.3 is 5.32 Å². The van der Waals surface area contributed by atoms with Crippen LogP contribution < -0.4 is 10.6 Å². The first-order chi connectivity index (χ1) is 9.86. The second-order valence-corrected chi connectivity index (χ2v) is 4.74. The van der Waals surface area contributed by atoms with Crippen LogP contribution in [-0.4, -0.2) is 33.5 Å². The van der Waals surface area contributed by atoms with Crippen LogP contribution in [0.4, 0.5) is 19.1 Å². The highest BCUT2D eigenvalue weighted by atomic mass is 19.4. The minimum absolute atomic E-state index is 0.109. The number of rotatable bonds is 3. The lowest BCUT2D eigenvalue weighted by Crippen LogP contribution is -2.31. The van der Waals surface area contributed by atoms with E-state index >= 15 is 0 Å². The van der Waals surface area contributed by atoms with Crippen molar-refractivity contribution in [2.24, 2.45) is 5.92 Å². The molecule has 1 unspecified atom stereocenters. The van der Waals surface area contributed by atoms with Crippen molar-refractivity contribution in [1.82, 2.24) is 20.5 Å². The van der Waals surface area contributed by atoms with Gasteiger partial charge in [-0.25, -0.2) is 0 Å². The number of alkyl halides is 3. The number of amides is 2. The molecule has 7 nitrogen and oxygen atoms in total. The van der Waals surface area contributed by atoms with E-state index in [1.165, 1.54) is 0 Å². The van der Waals surface area contributed by atoms with E-state index in [1.54, 1.807) is 5.10 Å². The van der Waals surface area contributed by atoms with Crippen LogP contribution in [0.1, 0.15) is 31.5 Å². The summed E-state index contributed by atoms with van der Waals surface area (Å²) in [6, 6.07) is 0. The molecule has 1 atom stereocenters. The molecule has 0 spiro atoms. The van der Waals surface area contributed by atoms with Crippen molar-refractivity contribution in [2.75, 3.05) is 11.9 Å². The molecule has 2 heterocycles. The van der Waals surface area contributed by atoms with Crippen molar-refractivity contribution >= 4 is 17.8 Å². The van der Waals surface area contributed by atoms with Crippen molar-refractivity contribution in [3.63, 3.8) is 0 Å². The summed E-state index contributed by atoms with van der Waals surface area (Å²) >= 11 is 0. The summed E-state index contributed by atoms with van der Waals surface area (Å²) in [5.41, 5.74) is 0. The first-order valence-corrected chi connectivity index (χ1v) is 6.43. The van der Waals surface area contributed by atoms with Crippen LogP contribution in [-0.2, 0) is 15.8 Å². The van der Waals surface area contributed by atoms with E-state index in [-0.39, 0.29) is 12.3 Å². The summed E-state index contributed by atoms with van der Waals surface area (Å²) in [6.07, 6.45) is -2.53. The van der Waals surface area contributed by atoms with Crippen molar-refractivity contribution < 1.29 is 22.8 Å². The van der Waals surface area contributed by atoms with Crippen LogP contribution in [0.2, 0.25) is 0 Å². The Balaban J connectivity index is 1.92. The number of carbonyl (C=O) groups is 2. The number of aromatic nitrogens is 3. The normalized spacial score (nSPS) is 19.8. The Labute approximate surface area is 117 Å². The molecule has 1 fully saturated rings. The molecule has 1 aromatic heterocycles. The van der Waals surface area contributed by atoms with Crippen LogP contribution in [0.25, 0.3) is 0 Å². The van der Waals surface area contributed by atoms with Gasteiger partial charge in [-0.15, -0.1) is 5.10 Å². The first kappa shape index (κ1) is 15.3. The molecular weight excluding hydrogens is 291 g/mol. The van der Waals surface area contributed by atoms with E-state index in [4.69, 9.17) is 0 Å². The predicted molar refractivity (Wildman–Crippen MR) is 65.0 cm³/mol. The van der Waals surface area contributed by atoms with E-state index in [0.717, 1.165) is 12.8 Å². The Morgan fingerprint density at radius 3 is 2.81 bits per heavy atom. The van der Waals surface area contributed by atoms with Crippen LogP contribution in [0, 0.1) is 5.92 Å². The van der Waals surface area contributed by atoms with Gasteiger partial charge >= 0.3 is 6.18 Å².